The Hall–Kier alpha value is -3.22. The van der Waals surface area contributed by atoms with Crippen LogP contribution in [0, 0.1) is 0 Å². The van der Waals surface area contributed by atoms with Crippen LogP contribution in [0.5, 0.6) is 0 Å². The number of aliphatic hydroxyl groups is 1. The van der Waals surface area contributed by atoms with E-state index in [2.05, 4.69) is 5.32 Å². The van der Waals surface area contributed by atoms with Gasteiger partial charge in [0.2, 0.25) is 5.91 Å². The Kier molecular flexibility index (Phi) is 8.07. The second kappa shape index (κ2) is 10.8. The first-order valence-corrected chi connectivity index (χ1v) is 11.4. The first-order chi connectivity index (χ1) is 16.1. The highest BCUT2D eigenvalue weighted by atomic mass is 35.5. The Bertz CT molecular complexity index is 1080. The van der Waals surface area contributed by atoms with E-state index in [4.69, 9.17) is 16.3 Å². The molecule has 2 aliphatic rings. The Morgan fingerprint density at radius 1 is 1.21 bits per heavy atom. The summed E-state index contributed by atoms with van der Waals surface area (Å²) in [4.78, 5) is 73.2. The molecule has 0 bridgehead atoms. The number of nitrogens with zero attached hydrogens (tertiary/aromatic N) is 1. The molecule has 2 amide bonds. The number of alkyl halides is 1. The minimum absolute atomic E-state index is 0.124. The Morgan fingerprint density at radius 2 is 1.88 bits per heavy atom. The van der Waals surface area contributed by atoms with E-state index in [9.17, 15) is 39.0 Å². The van der Waals surface area contributed by atoms with Gasteiger partial charge < -0.3 is 20.3 Å². The molecule has 180 valence electrons. The van der Waals surface area contributed by atoms with Gasteiger partial charge in [-0.05, 0) is 5.56 Å². The fourth-order valence-corrected chi connectivity index (χ4v) is 4.82. The summed E-state index contributed by atoms with van der Waals surface area (Å²) in [6.45, 7) is -0.831. The van der Waals surface area contributed by atoms with Gasteiger partial charge in [-0.1, -0.05) is 30.3 Å². The number of Topliss-reactive ketones (excluding diaryl/α,β-unsaturated/α-hetero) is 2. The summed E-state index contributed by atoms with van der Waals surface area (Å²) in [6.07, 6.45) is -2.14. The lowest BCUT2D eigenvalue weighted by atomic mass is 10.0. The first kappa shape index (κ1) is 25.4. The molecule has 0 aromatic heterocycles. The van der Waals surface area contributed by atoms with Gasteiger partial charge >= 0.3 is 11.9 Å². The van der Waals surface area contributed by atoms with Gasteiger partial charge in [0, 0.05) is 11.3 Å². The summed E-state index contributed by atoms with van der Waals surface area (Å²) in [5.41, 5.74) is -0.555. The number of carbonyl (C=O) groups excluding carboxylic acids is 5. The molecule has 3 rings (SSSR count). The average molecular weight is 511 g/mol. The molecular formula is C21H19ClN2O9S. The van der Waals surface area contributed by atoms with Crippen LogP contribution in [-0.2, 0) is 33.5 Å². The number of nitrogens with one attached hydrogen (secondary N) is 1. The third-order valence-corrected chi connectivity index (χ3v) is 6.59. The average Bonchev–Trinajstić information content (AvgIpc) is 2.84. The second-order valence-electron chi connectivity index (χ2n) is 7.28. The van der Waals surface area contributed by atoms with Gasteiger partial charge in [-0.2, -0.15) is 0 Å². The summed E-state index contributed by atoms with van der Waals surface area (Å²) >= 11 is 6.39. The summed E-state index contributed by atoms with van der Waals surface area (Å²) in [6, 6.07) is 6.81. The number of hydrogen-bond donors (Lipinski definition) is 3. The van der Waals surface area contributed by atoms with E-state index in [-0.39, 0.29) is 22.8 Å². The van der Waals surface area contributed by atoms with Crippen LogP contribution in [0.3, 0.4) is 0 Å². The van der Waals surface area contributed by atoms with Crippen LogP contribution in [0.4, 0.5) is 0 Å². The van der Waals surface area contributed by atoms with E-state index >= 15 is 0 Å². The van der Waals surface area contributed by atoms with Gasteiger partial charge in [-0.15, -0.1) is 23.4 Å². The zero-order chi connectivity index (χ0) is 25.0. The number of halogens is 1. The number of carboxylic acids is 1. The predicted octanol–water partition coefficient (Wildman–Crippen LogP) is -0.231. The van der Waals surface area contributed by atoms with E-state index in [0.717, 1.165) is 16.7 Å². The smallest absolute Gasteiger partial charge is 0.353 e. The molecule has 0 saturated carbocycles. The van der Waals surface area contributed by atoms with Gasteiger partial charge in [0.25, 0.3) is 5.91 Å². The van der Waals surface area contributed by atoms with E-state index in [0.29, 0.717) is 0 Å². The molecule has 2 heterocycles. The van der Waals surface area contributed by atoms with Crippen molar-refractivity contribution in [2.24, 2.45) is 0 Å². The van der Waals surface area contributed by atoms with E-state index < -0.39 is 71.6 Å². The van der Waals surface area contributed by atoms with Gasteiger partial charge in [0.1, 0.15) is 17.1 Å². The van der Waals surface area contributed by atoms with Crippen molar-refractivity contribution in [3.8, 4) is 0 Å². The molecule has 1 fully saturated rings. The number of ether oxygens (including phenoxy) is 1. The number of esters is 1. The summed E-state index contributed by atoms with van der Waals surface area (Å²) in [7, 11) is 0. The third kappa shape index (κ3) is 5.29. The third-order valence-electron chi connectivity index (χ3n) is 5.01. The van der Waals surface area contributed by atoms with Crippen molar-refractivity contribution in [2.75, 3.05) is 18.2 Å². The zero-order valence-electron chi connectivity index (χ0n) is 17.4. The van der Waals surface area contributed by atoms with Gasteiger partial charge in [-0.3, -0.25) is 24.1 Å². The number of carboxylic acid groups (broad SMARTS) is 1. The highest BCUT2D eigenvalue weighted by molar-refractivity contribution is 8.00. The second-order valence-corrected chi connectivity index (χ2v) is 8.65. The quantitative estimate of drug-likeness (QED) is 0.165. The lowest BCUT2D eigenvalue weighted by Gasteiger charge is -2.49. The van der Waals surface area contributed by atoms with Crippen LogP contribution in [0.15, 0.2) is 41.6 Å². The van der Waals surface area contributed by atoms with Crippen LogP contribution in [0.25, 0.3) is 0 Å². The molecule has 0 aliphatic carbocycles. The first-order valence-electron chi connectivity index (χ1n) is 9.86. The van der Waals surface area contributed by atoms with Crippen LogP contribution in [0.2, 0.25) is 0 Å². The normalized spacial score (nSPS) is 20.1. The van der Waals surface area contributed by atoms with E-state index in [1.165, 1.54) is 12.1 Å². The van der Waals surface area contributed by atoms with Crippen molar-refractivity contribution in [1.82, 2.24) is 10.2 Å². The molecule has 1 saturated heterocycles. The lowest BCUT2D eigenvalue weighted by molar-refractivity contribution is -0.156. The standard InChI is InChI=1S/C21H19ClN2O9S/c22-7-11(25)6-14(27)23-15-18(29)24-16(20(30)31)12(9-34-19(15)24)13(26)8-33-21(32)17(28)10-4-2-1-3-5-10/h1-5,15,17,19,28H,6-9H2,(H,23,27)(H,30,31)/t15?,17?,19-/m1/s1. The molecule has 13 heteroatoms. The molecule has 3 atom stereocenters. The number of β-lactam (4-membered cyclic amide) rings is 1. The predicted molar refractivity (Wildman–Crippen MR) is 117 cm³/mol. The van der Waals surface area contributed by atoms with Crippen molar-refractivity contribution < 1.29 is 43.7 Å². The number of hydrogen-bond acceptors (Lipinski definition) is 9. The molecule has 3 N–H and O–H groups in total. The number of carbonyl (C=O) groups is 6. The van der Waals surface area contributed by atoms with Gasteiger partial charge in [0.15, 0.2) is 24.3 Å². The number of benzene rings is 1. The maximum Gasteiger partial charge on any atom is 0.353 e. The maximum atomic E-state index is 12.6. The number of rotatable bonds is 10. The number of thioether (sulfide) groups is 1. The largest absolute Gasteiger partial charge is 0.477 e. The molecule has 34 heavy (non-hydrogen) atoms. The van der Waals surface area contributed by atoms with Crippen molar-refractivity contribution in [1.29, 1.82) is 0 Å². The monoisotopic (exact) mass is 510 g/mol. The topological polar surface area (TPSA) is 167 Å². The molecule has 0 spiro atoms. The fourth-order valence-electron chi connectivity index (χ4n) is 3.36. The van der Waals surface area contributed by atoms with Crippen molar-refractivity contribution >= 4 is 58.7 Å². The van der Waals surface area contributed by atoms with Crippen molar-refractivity contribution in [3.63, 3.8) is 0 Å². The number of ketones is 2. The summed E-state index contributed by atoms with van der Waals surface area (Å²) < 4.78 is 4.85. The van der Waals surface area contributed by atoms with Crippen LogP contribution in [-0.4, -0.2) is 80.1 Å². The SMILES string of the molecule is O=C(CCl)CC(=O)NC1C(=O)N2C(C(=O)O)=C(C(=O)COC(=O)C(O)c3ccccc3)CS[C@H]12. The van der Waals surface area contributed by atoms with E-state index in [1.807, 2.05) is 0 Å². The molecule has 1 aromatic rings. The van der Waals surface area contributed by atoms with Gasteiger partial charge in [-0.25, -0.2) is 9.59 Å². The minimum Gasteiger partial charge on any atom is -0.477 e. The number of amides is 2. The molecule has 2 aliphatic heterocycles. The number of fused-ring (bicyclic) bond motifs is 1. The molecule has 11 nitrogen and oxygen atoms in total. The van der Waals surface area contributed by atoms with Crippen molar-refractivity contribution in [2.45, 2.75) is 23.9 Å². The highest BCUT2D eigenvalue weighted by Crippen LogP contribution is 2.40. The zero-order valence-corrected chi connectivity index (χ0v) is 19.0. The van der Waals surface area contributed by atoms with Gasteiger partial charge in [0.05, 0.1) is 12.3 Å². The van der Waals surface area contributed by atoms with Crippen LogP contribution >= 0.6 is 23.4 Å². The maximum absolute atomic E-state index is 12.6. The Morgan fingerprint density at radius 3 is 2.50 bits per heavy atom. The molecule has 1 aromatic carbocycles. The molecule has 2 unspecified atom stereocenters. The molecule has 0 radical (unpaired) electrons. The fraction of sp³-hybridized carbons (Fsp3) is 0.333. The Labute approximate surface area is 202 Å². The van der Waals surface area contributed by atoms with E-state index in [1.54, 1.807) is 18.2 Å². The minimum atomic E-state index is -1.63. The Balaban J connectivity index is 1.67. The van der Waals surface area contributed by atoms with Crippen LogP contribution < -0.4 is 5.32 Å². The summed E-state index contributed by atoms with van der Waals surface area (Å²) in [5.74, 6) is -5.98. The highest BCUT2D eigenvalue weighted by Gasteiger charge is 2.54. The number of aliphatic carboxylic acids is 1. The molecular weight excluding hydrogens is 492 g/mol. The van der Waals surface area contributed by atoms with Crippen LogP contribution in [0.1, 0.15) is 18.1 Å². The lowest BCUT2D eigenvalue weighted by Crippen LogP contribution is -2.70. The van der Waals surface area contributed by atoms with Crippen molar-refractivity contribution in [3.05, 3.63) is 47.2 Å². The summed E-state index contributed by atoms with van der Waals surface area (Å²) in [5, 5.41) is 21.2. The number of aliphatic hydroxyl groups excluding tert-OH is 1.